The maximum atomic E-state index is 12.9. The highest BCUT2D eigenvalue weighted by Gasteiger charge is 2.33. The second-order valence-electron chi connectivity index (χ2n) is 6.65. The minimum Gasteiger partial charge on any atom is -0.309 e. The number of aromatic amines is 1. The van der Waals surface area contributed by atoms with Crippen LogP contribution in [-0.2, 0) is 19.4 Å². The zero-order valence-corrected chi connectivity index (χ0v) is 13.2. The Morgan fingerprint density at radius 3 is 2.58 bits per heavy atom. The minimum absolute atomic E-state index is 0.0427. The molecule has 1 atom stereocenters. The summed E-state index contributed by atoms with van der Waals surface area (Å²) in [4.78, 5) is 15.0. The second kappa shape index (κ2) is 5.61. The Labute approximate surface area is 136 Å². The molecule has 5 nitrogen and oxygen atoms in total. The van der Waals surface area contributed by atoms with Crippen molar-refractivity contribution in [1.29, 1.82) is 0 Å². The lowest BCUT2D eigenvalue weighted by molar-refractivity contribution is -0.142. The number of fused-ring (bicyclic) bond motifs is 3. The van der Waals surface area contributed by atoms with Gasteiger partial charge in [-0.15, -0.1) is 0 Å². The first-order valence-electron chi connectivity index (χ1n) is 8.38. The van der Waals surface area contributed by atoms with Crippen LogP contribution in [0.4, 0.5) is 13.2 Å². The number of nitrogens with one attached hydrogen (secondary N) is 2. The molecule has 0 bridgehead atoms. The molecule has 0 aromatic carbocycles. The van der Waals surface area contributed by atoms with Crippen molar-refractivity contribution in [2.24, 2.45) is 0 Å². The summed E-state index contributed by atoms with van der Waals surface area (Å²) in [6, 6.07) is -0.0427. The summed E-state index contributed by atoms with van der Waals surface area (Å²) >= 11 is 0. The molecule has 1 aliphatic heterocycles. The average Bonchev–Trinajstić information content (AvgIpc) is 3.15. The van der Waals surface area contributed by atoms with Gasteiger partial charge in [-0.1, -0.05) is 0 Å². The number of rotatable bonds is 2. The van der Waals surface area contributed by atoms with Crippen LogP contribution in [0.5, 0.6) is 0 Å². The number of hydrogen-bond acceptors (Lipinski definition) is 3. The van der Waals surface area contributed by atoms with Crippen LogP contribution < -0.4 is 10.9 Å². The molecule has 24 heavy (non-hydrogen) atoms. The van der Waals surface area contributed by atoms with Gasteiger partial charge in [0.25, 0.3) is 5.56 Å². The Balaban J connectivity index is 1.97. The first-order chi connectivity index (χ1) is 11.4. The van der Waals surface area contributed by atoms with Crippen molar-refractivity contribution < 1.29 is 13.2 Å². The molecular formula is C16H19F3N4O. The third kappa shape index (κ3) is 2.62. The summed E-state index contributed by atoms with van der Waals surface area (Å²) in [6.45, 7) is -0.352. The maximum absolute atomic E-state index is 12.9. The van der Waals surface area contributed by atoms with Gasteiger partial charge >= 0.3 is 6.18 Å². The van der Waals surface area contributed by atoms with Crippen molar-refractivity contribution in [1.82, 2.24) is 20.1 Å². The smallest absolute Gasteiger partial charge is 0.309 e. The molecule has 8 heteroatoms. The highest BCUT2D eigenvalue weighted by atomic mass is 19.4. The van der Waals surface area contributed by atoms with E-state index >= 15 is 0 Å². The van der Waals surface area contributed by atoms with Crippen LogP contribution >= 0.6 is 0 Å². The molecular weight excluding hydrogens is 321 g/mol. The number of nitrogens with zero attached hydrogens (tertiary/aromatic N) is 2. The summed E-state index contributed by atoms with van der Waals surface area (Å²) < 4.78 is 39.7. The number of hydrogen-bond donors (Lipinski definition) is 2. The summed E-state index contributed by atoms with van der Waals surface area (Å²) in [5.74, 6) is 0. The molecule has 2 aliphatic rings. The predicted molar refractivity (Wildman–Crippen MR) is 83.0 cm³/mol. The first kappa shape index (κ1) is 15.7. The normalized spacial score (nSPS) is 21.4. The highest BCUT2D eigenvalue weighted by Crippen LogP contribution is 2.34. The zero-order valence-electron chi connectivity index (χ0n) is 13.2. The van der Waals surface area contributed by atoms with Gasteiger partial charge in [-0.25, -0.2) is 4.68 Å². The van der Waals surface area contributed by atoms with Crippen molar-refractivity contribution in [3.8, 4) is 0 Å². The van der Waals surface area contributed by atoms with E-state index in [0.717, 1.165) is 59.8 Å². The number of alkyl halides is 3. The lowest BCUT2D eigenvalue weighted by atomic mass is 9.89. The zero-order chi connectivity index (χ0) is 16.9. The van der Waals surface area contributed by atoms with Crippen LogP contribution in [0, 0.1) is 0 Å². The quantitative estimate of drug-likeness (QED) is 0.883. The van der Waals surface area contributed by atoms with Crippen molar-refractivity contribution in [3.05, 3.63) is 27.2 Å². The number of halogens is 3. The second-order valence-corrected chi connectivity index (χ2v) is 6.65. The molecule has 2 N–H and O–H groups in total. The van der Waals surface area contributed by atoms with Crippen LogP contribution in [0.2, 0.25) is 0 Å². The van der Waals surface area contributed by atoms with Gasteiger partial charge in [0.1, 0.15) is 12.2 Å². The van der Waals surface area contributed by atoms with Crippen LogP contribution in [0.25, 0.3) is 11.0 Å². The highest BCUT2D eigenvalue weighted by molar-refractivity contribution is 5.84. The van der Waals surface area contributed by atoms with Crippen molar-refractivity contribution in [2.75, 3.05) is 6.54 Å². The molecule has 2 aromatic heterocycles. The first-order valence-corrected chi connectivity index (χ1v) is 8.38. The Hall–Kier alpha value is -1.83. The lowest BCUT2D eigenvalue weighted by Gasteiger charge is -2.17. The molecule has 130 valence electrons. The predicted octanol–water partition coefficient (Wildman–Crippen LogP) is 2.59. The maximum Gasteiger partial charge on any atom is 0.408 e. The van der Waals surface area contributed by atoms with E-state index in [1.54, 1.807) is 0 Å². The Morgan fingerprint density at radius 2 is 1.92 bits per heavy atom. The molecule has 1 fully saturated rings. The molecule has 3 heterocycles. The third-order valence-corrected chi connectivity index (χ3v) is 4.97. The van der Waals surface area contributed by atoms with E-state index in [4.69, 9.17) is 0 Å². The number of pyridine rings is 1. The number of aryl methyl sites for hydroxylation is 1. The summed E-state index contributed by atoms with van der Waals surface area (Å²) in [7, 11) is 0. The SMILES string of the molecule is O=c1[nH]c2c(c(C3CCCN3)nn2CC(F)(F)F)c2c1CCCC2. The largest absolute Gasteiger partial charge is 0.408 e. The molecule has 4 rings (SSSR count). The average molecular weight is 340 g/mol. The molecule has 0 saturated carbocycles. The Bertz CT molecular complexity index is 830. The van der Waals surface area contributed by atoms with Crippen molar-refractivity contribution in [3.63, 3.8) is 0 Å². The molecule has 1 aliphatic carbocycles. The molecule has 0 radical (unpaired) electrons. The van der Waals surface area contributed by atoms with E-state index < -0.39 is 12.7 Å². The third-order valence-electron chi connectivity index (χ3n) is 4.97. The van der Waals surface area contributed by atoms with Gasteiger partial charge in [-0.3, -0.25) is 4.79 Å². The fourth-order valence-corrected chi connectivity index (χ4v) is 3.97. The molecule has 1 saturated heterocycles. The van der Waals surface area contributed by atoms with E-state index in [1.807, 2.05) is 0 Å². The van der Waals surface area contributed by atoms with Gasteiger partial charge in [0.05, 0.1) is 11.7 Å². The van der Waals surface area contributed by atoms with Crippen LogP contribution in [0.3, 0.4) is 0 Å². The Morgan fingerprint density at radius 1 is 1.17 bits per heavy atom. The summed E-state index contributed by atoms with van der Waals surface area (Å²) in [5.41, 5.74) is 2.21. The van der Waals surface area contributed by atoms with E-state index in [9.17, 15) is 18.0 Å². The van der Waals surface area contributed by atoms with E-state index in [-0.39, 0.29) is 17.2 Å². The van der Waals surface area contributed by atoms with Gasteiger partial charge in [0.15, 0.2) is 0 Å². The van der Waals surface area contributed by atoms with Gasteiger partial charge in [-0.05, 0) is 50.6 Å². The summed E-state index contributed by atoms with van der Waals surface area (Å²) in [6.07, 6.45) is 0.751. The monoisotopic (exact) mass is 340 g/mol. The molecule has 1 unspecified atom stereocenters. The van der Waals surface area contributed by atoms with E-state index in [2.05, 4.69) is 15.4 Å². The molecule has 2 aromatic rings. The van der Waals surface area contributed by atoms with Crippen LogP contribution in [0.1, 0.15) is 48.5 Å². The van der Waals surface area contributed by atoms with E-state index in [1.165, 1.54) is 0 Å². The molecule has 0 spiro atoms. The fraction of sp³-hybridized carbons (Fsp3) is 0.625. The van der Waals surface area contributed by atoms with Crippen molar-refractivity contribution >= 4 is 11.0 Å². The Kier molecular flexibility index (Phi) is 3.67. The van der Waals surface area contributed by atoms with Gasteiger partial charge < -0.3 is 10.3 Å². The standard InChI is InChI=1S/C16H19F3N4O/c17-16(18,19)8-23-14-12(13(22-23)11-6-3-7-20-11)9-4-1-2-5-10(9)15(24)21-14/h11,20H,1-8H2,(H,21,24). The van der Waals surface area contributed by atoms with Gasteiger partial charge in [0.2, 0.25) is 0 Å². The number of H-pyrrole nitrogens is 1. The lowest BCUT2D eigenvalue weighted by Crippen LogP contribution is -2.22. The molecule has 0 amide bonds. The van der Waals surface area contributed by atoms with Crippen molar-refractivity contribution in [2.45, 2.75) is 57.3 Å². The van der Waals surface area contributed by atoms with Crippen LogP contribution in [-0.4, -0.2) is 27.5 Å². The number of aromatic nitrogens is 3. The minimum atomic E-state index is -4.38. The topological polar surface area (TPSA) is 62.7 Å². The van der Waals surface area contributed by atoms with Gasteiger partial charge in [-0.2, -0.15) is 18.3 Å². The fourth-order valence-electron chi connectivity index (χ4n) is 3.97. The van der Waals surface area contributed by atoms with Gasteiger partial charge in [0, 0.05) is 10.9 Å². The summed E-state index contributed by atoms with van der Waals surface area (Å²) in [5, 5.41) is 8.31. The van der Waals surface area contributed by atoms with E-state index in [0.29, 0.717) is 12.1 Å². The van der Waals surface area contributed by atoms with Crippen LogP contribution in [0.15, 0.2) is 4.79 Å².